The number of rotatable bonds is 11. The fourth-order valence-electron chi connectivity index (χ4n) is 4.34. The van der Waals surface area contributed by atoms with Crippen LogP contribution in [0, 0.1) is 5.82 Å². The molecule has 1 aliphatic rings. The summed E-state index contributed by atoms with van der Waals surface area (Å²) >= 11 is 6.13. The van der Waals surface area contributed by atoms with Crippen LogP contribution in [-0.2, 0) is 9.47 Å². The zero-order valence-corrected chi connectivity index (χ0v) is 22.0. The lowest BCUT2D eigenvalue weighted by atomic mass is 9.95. The van der Waals surface area contributed by atoms with Gasteiger partial charge in [0.15, 0.2) is 17.3 Å². The number of aromatic nitrogens is 1. The Kier molecular flexibility index (Phi) is 8.92. The number of aliphatic hydroxyl groups excluding tert-OH is 1. The van der Waals surface area contributed by atoms with Crippen molar-refractivity contribution in [3.05, 3.63) is 82.1 Å². The molecular formula is C27H25ClF4N2O6. The fraction of sp³-hybridized carbons (Fsp3) is 0.296. The Morgan fingerprint density at radius 1 is 1.20 bits per heavy atom. The predicted molar refractivity (Wildman–Crippen MR) is 138 cm³/mol. The van der Waals surface area contributed by atoms with Crippen LogP contribution in [0.5, 0.6) is 11.5 Å². The first kappa shape index (κ1) is 29.2. The molecule has 13 heteroatoms. The van der Waals surface area contributed by atoms with E-state index in [9.17, 15) is 22.4 Å². The average Bonchev–Trinajstić information content (AvgIpc) is 3.31. The highest BCUT2D eigenvalue weighted by molar-refractivity contribution is 6.30. The maximum atomic E-state index is 14.3. The minimum Gasteiger partial charge on any atom is -0.501 e. The highest BCUT2D eigenvalue weighted by Gasteiger charge is 2.34. The third-order valence-corrected chi connectivity index (χ3v) is 6.31. The molecular weight excluding hydrogens is 560 g/mol. The molecule has 0 saturated carbocycles. The molecule has 40 heavy (non-hydrogen) atoms. The van der Waals surface area contributed by atoms with Crippen LogP contribution in [0.3, 0.4) is 0 Å². The summed E-state index contributed by atoms with van der Waals surface area (Å²) in [5.41, 5.74) is 0.866. The molecule has 0 radical (unpaired) electrons. The van der Waals surface area contributed by atoms with Crippen LogP contribution < -0.4 is 14.8 Å². The zero-order chi connectivity index (χ0) is 29.0. The van der Waals surface area contributed by atoms with E-state index in [1.165, 1.54) is 26.5 Å². The van der Waals surface area contributed by atoms with Crippen LogP contribution in [0.4, 0.5) is 17.6 Å². The molecule has 1 aromatic heterocycles. The van der Waals surface area contributed by atoms with Gasteiger partial charge < -0.3 is 34.4 Å². The summed E-state index contributed by atoms with van der Waals surface area (Å²) in [4.78, 5) is 16.8. The molecule has 0 bridgehead atoms. The number of halogens is 5. The number of aromatic amines is 1. The van der Waals surface area contributed by atoms with E-state index in [0.717, 1.165) is 12.1 Å². The van der Waals surface area contributed by atoms with Gasteiger partial charge in [0.05, 0.1) is 33.5 Å². The highest BCUT2D eigenvalue weighted by atomic mass is 35.5. The lowest BCUT2D eigenvalue weighted by Crippen LogP contribution is -2.31. The number of H-pyrrole nitrogens is 1. The van der Waals surface area contributed by atoms with Gasteiger partial charge >= 0.3 is 6.36 Å². The van der Waals surface area contributed by atoms with Gasteiger partial charge in [0.2, 0.25) is 0 Å². The van der Waals surface area contributed by atoms with Crippen LogP contribution in [0.2, 0.25) is 5.02 Å². The van der Waals surface area contributed by atoms with Gasteiger partial charge in [-0.15, -0.1) is 13.2 Å². The van der Waals surface area contributed by atoms with E-state index < -0.39 is 35.9 Å². The van der Waals surface area contributed by atoms with E-state index in [-0.39, 0.29) is 35.4 Å². The normalized spacial score (nSPS) is 16.2. The summed E-state index contributed by atoms with van der Waals surface area (Å²) in [6.07, 6.45) is -0.568. The summed E-state index contributed by atoms with van der Waals surface area (Å²) in [5.74, 6) is -2.10. The molecule has 1 heterocycles. The number of carbonyl (C=O) groups is 1. The second-order valence-electron chi connectivity index (χ2n) is 8.68. The molecule has 3 N–H and O–H groups in total. The summed E-state index contributed by atoms with van der Waals surface area (Å²) in [6, 6.07) is 5.13. The maximum Gasteiger partial charge on any atom is 0.573 e. The Morgan fingerprint density at radius 2 is 1.98 bits per heavy atom. The number of hydrogen-bond acceptors (Lipinski definition) is 7. The monoisotopic (exact) mass is 584 g/mol. The minimum absolute atomic E-state index is 0.0142. The molecule has 1 aliphatic carbocycles. The summed E-state index contributed by atoms with van der Waals surface area (Å²) < 4.78 is 73.2. The van der Waals surface area contributed by atoms with E-state index in [4.69, 9.17) is 30.9 Å². The number of allylic oxidation sites excluding steroid dienone is 1. The molecule has 8 nitrogen and oxygen atoms in total. The first-order valence-corrected chi connectivity index (χ1v) is 12.3. The van der Waals surface area contributed by atoms with Crippen molar-refractivity contribution in [3.63, 3.8) is 0 Å². The van der Waals surface area contributed by atoms with Gasteiger partial charge in [0.1, 0.15) is 17.6 Å². The number of hydrogen-bond donors (Lipinski definition) is 3. The van der Waals surface area contributed by atoms with Gasteiger partial charge in [-0.05, 0) is 30.4 Å². The van der Waals surface area contributed by atoms with Crippen LogP contribution in [0.15, 0.2) is 60.1 Å². The summed E-state index contributed by atoms with van der Waals surface area (Å²) in [5, 5.41) is 12.7. The average molecular weight is 585 g/mol. The van der Waals surface area contributed by atoms with Gasteiger partial charge in [0.25, 0.3) is 0 Å². The van der Waals surface area contributed by atoms with Gasteiger partial charge in [-0.2, -0.15) is 0 Å². The molecule has 2 aromatic carbocycles. The molecule has 0 fully saturated rings. The quantitative estimate of drug-likeness (QED) is 0.200. The number of aliphatic hydroxyl groups is 1. The van der Waals surface area contributed by atoms with E-state index in [1.807, 2.05) is 0 Å². The number of alkyl halides is 3. The first-order valence-electron chi connectivity index (χ1n) is 11.9. The van der Waals surface area contributed by atoms with Gasteiger partial charge in [-0.1, -0.05) is 17.7 Å². The largest absolute Gasteiger partial charge is 0.573 e. The second-order valence-corrected chi connectivity index (χ2v) is 9.12. The standard InChI is InChI=1S/C27H25ClF4N2O6/c1-37-16-8-15(9-17(10-16)39-6-5-35)34-25(18-4-3-14(28)7-23(18)38-2)26(36)20-13-33-22-12-21(29)24(11-19(20)22)40-27(30,31)32/h3-4,7-9,11-13,17,25,33-35H,5-6,10H2,1-2H3. The number of ketones is 1. The molecule has 0 spiro atoms. The summed E-state index contributed by atoms with van der Waals surface area (Å²) in [6.45, 7) is -0.115. The van der Waals surface area contributed by atoms with Crippen LogP contribution in [-0.4, -0.2) is 55.8 Å². The Hall–Kier alpha value is -3.74. The van der Waals surface area contributed by atoms with Gasteiger partial charge in [0, 0.05) is 51.4 Å². The van der Waals surface area contributed by atoms with Crippen molar-refractivity contribution in [1.29, 1.82) is 0 Å². The van der Waals surface area contributed by atoms with Crippen LogP contribution in [0.1, 0.15) is 28.4 Å². The van der Waals surface area contributed by atoms with Crippen LogP contribution in [0.25, 0.3) is 10.9 Å². The van der Waals surface area contributed by atoms with Crippen LogP contribution >= 0.6 is 11.6 Å². The van der Waals surface area contributed by atoms with Crippen molar-refractivity contribution < 1.29 is 46.4 Å². The van der Waals surface area contributed by atoms with Gasteiger partial charge in [-0.3, -0.25) is 4.79 Å². The third-order valence-electron chi connectivity index (χ3n) is 6.07. The SMILES string of the molecule is COC1=CC(NC(C(=O)c2c[nH]c3cc(F)c(OC(F)(F)F)cc23)c2ccc(Cl)cc2OC)=CC(OCCO)C1. The lowest BCUT2D eigenvalue weighted by molar-refractivity contribution is -0.275. The smallest absolute Gasteiger partial charge is 0.501 e. The molecule has 0 aliphatic heterocycles. The Balaban J connectivity index is 1.80. The molecule has 2 atom stereocenters. The van der Waals surface area contributed by atoms with E-state index >= 15 is 0 Å². The Bertz CT molecular complexity index is 1450. The number of nitrogens with one attached hydrogen (secondary N) is 2. The number of benzene rings is 2. The molecule has 4 rings (SSSR count). The Morgan fingerprint density at radius 3 is 2.65 bits per heavy atom. The number of fused-ring (bicyclic) bond motifs is 1. The zero-order valence-electron chi connectivity index (χ0n) is 21.3. The number of carbonyl (C=O) groups excluding carboxylic acids is 1. The predicted octanol–water partition coefficient (Wildman–Crippen LogP) is 5.58. The Labute approximate surface area is 231 Å². The van der Waals surface area contributed by atoms with E-state index in [0.29, 0.717) is 28.5 Å². The van der Waals surface area contributed by atoms with Crippen molar-refractivity contribution in [2.75, 3.05) is 27.4 Å². The second kappa shape index (κ2) is 12.2. The maximum absolute atomic E-state index is 14.3. The third kappa shape index (κ3) is 6.69. The minimum atomic E-state index is -5.14. The van der Waals surface area contributed by atoms with Crippen molar-refractivity contribution in [3.8, 4) is 11.5 Å². The topological polar surface area (TPSA) is 102 Å². The lowest BCUT2D eigenvalue weighted by Gasteiger charge is -2.26. The molecule has 3 aromatic rings. The van der Waals surface area contributed by atoms with Crippen molar-refractivity contribution in [2.45, 2.75) is 24.9 Å². The number of ether oxygens (including phenoxy) is 4. The number of Topliss-reactive ketones (excluding diaryl/α,β-unsaturated/α-hetero) is 1. The molecule has 214 valence electrons. The molecule has 0 saturated heterocycles. The summed E-state index contributed by atoms with van der Waals surface area (Å²) in [7, 11) is 2.88. The van der Waals surface area contributed by atoms with Crippen molar-refractivity contribution in [2.24, 2.45) is 0 Å². The van der Waals surface area contributed by atoms with E-state index in [2.05, 4.69) is 15.0 Å². The highest BCUT2D eigenvalue weighted by Crippen LogP contribution is 2.36. The molecule has 2 unspecified atom stereocenters. The fourth-order valence-corrected chi connectivity index (χ4v) is 4.50. The van der Waals surface area contributed by atoms with Crippen molar-refractivity contribution in [1.82, 2.24) is 10.3 Å². The van der Waals surface area contributed by atoms with Gasteiger partial charge in [-0.25, -0.2) is 4.39 Å². The van der Waals surface area contributed by atoms with E-state index in [1.54, 1.807) is 24.3 Å². The molecule has 0 amide bonds. The number of methoxy groups -OCH3 is 2. The van der Waals surface area contributed by atoms with Crippen molar-refractivity contribution >= 4 is 28.3 Å². The first-order chi connectivity index (χ1) is 19.0.